The van der Waals surface area contributed by atoms with Crippen molar-refractivity contribution in [2.24, 2.45) is 0 Å². The number of nitrogens with one attached hydrogen (secondary N) is 1. The molecule has 3 heteroatoms. The predicted molar refractivity (Wildman–Crippen MR) is 63.0 cm³/mol. The van der Waals surface area contributed by atoms with Gasteiger partial charge in [0.15, 0.2) is 0 Å². The van der Waals surface area contributed by atoms with Gasteiger partial charge in [-0.15, -0.1) is 0 Å². The van der Waals surface area contributed by atoms with E-state index in [1.54, 1.807) is 6.08 Å². The van der Waals surface area contributed by atoms with Crippen molar-refractivity contribution in [2.45, 2.75) is 46.0 Å². The maximum absolute atomic E-state index is 10.8. The molecule has 88 valence electrons. The lowest BCUT2D eigenvalue weighted by Crippen LogP contribution is -2.17. The summed E-state index contributed by atoms with van der Waals surface area (Å²) < 4.78 is 0. The van der Waals surface area contributed by atoms with Gasteiger partial charge in [0.1, 0.15) is 0 Å². The van der Waals surface area contributed by atoms with Crippen LogP contribution in [0.5, 0.6) is 0 Å². The molecule has 15 heavy (non-hydrogen) atoms. The first-order valence-corrected chi connectivity index (χ1v) is 5.85. The molecule has 0 aliphatic heterocycles. The van der Waals surface area contributed by atoms with Gasteiger partial charge in [0, 0.05) is 5.57 Å². The van der Waals surface area contributed by atoms with Crippen molar-refractivity contribution in [3.05, 3.63) is 11.6 Å². The summed E-state index contributed by atoms with van der Waals surface area (Å²) in [6, 6.07) is 0. The lowest BCUT2D eigenvalue weighted by Gasteiger charge is -2.04. The molecule has 0 heterocycles. The molecule has 0 aromatic heterocycles. The minimum absolute atomic E-state index is 0.551. The zero-order chi connectivity index (χ0) is 11.5. The molecule has 0 aromatic carbocycles. The van der Waals surface area contributed by atoms with Gasteiger partial charge in [-0.05, 0) is 38.8 Å². The van der Waals surface area contributed by atoms with Crippen LogP contribution >= 0.6 is 0 Å². The lowest BCUT2D eigenvalue weighted by atomic mass is 10.1. The highest BCUT2D eigenvalue weighted by atomic mass is 16.4. The SMILES string of the molecule is CCC=C(CCCNCCCC)C(=O)O. The van der Waals surface area contributed by atoms with E-state index < -0.39 is 5.97 Å². The van der Waals surface area contributed by atoms with Crippen molar-refractivity contribution < 1.29 is 9.90 Å². The van der Waals surface area contributed by atoms with E-state index in [-0.39, 0.29) is 0 Å². The fourth-order valence-corrected chi connectivity index (χ4v) is 1.37. The molecule has 0 radical (unpaired) electrons. The second-order valence-electron chi connectivity index (χ2n) is 3.65. The molecule has 0 aliphatic carbocycles. The summed E-state index contributed by atoms with van der Waals surface area (Å²) >= 11 is 0. The number of aliphatic carboxylic acids is 1. The fourth-order valence-electron chi connectivity index (χ4n) is 1.37. The summed E-state index contributed by atoms with van der Waals surface area (Å²) in [5, 5.41) is 12.2. The van der Waals surface area contributed by atoms with Gasteiger partial charge >= 0.3 is 5.97 Å². The van der Waals surface area contributed by atoms with Crippen molar-refractivity contribution in [2.75, 3.05) is 13.1 Å². The average Bonchev–Trinajstić information content (AvgIpc) is 2.21. The lowest BCUT2D eigenvalue weighted by molar-refractivity contribution is -0.132. The van der Waals surface area contributed by atoms with E-state index >= 15 is 0 Å². The minimum Gasteiger partial charge on any atom is -0.478 e. The van der Waals surface area contributed by atoms with Gasteiger partial charge in [-0.2, -0.15) is 0 Å². The molecule has 0 saturated heterocycles. The minimum atomic E-state index is -0.773. The summed E-state index contributed by atoms with van der Waals surface area (Å²) in [7, 11) is 0. The Labute approximate surface area is 92.6 Å². The third kappa shape index (κ3) is 8.18. The Balaban J connectivity index is 3.55. The summed E-state index contributed by atoms with van der Waals surface area (Å²) in [5.41, 5.74) is 0.551. The van der Waals surface area contributed by atoms with Crippen LogP contribution in [0, 0.1) is 0 Å². The second-order valence-corrected chi connectivity index (χ2v) is 3.65. The molecule has 0 fully saturated rings. The largest absolute Gasteiger partial charge is 0.478 e. The number of carboxylic acids is 1. The highest BCUT2D eigenvalue weighted by molar-refractivity contribution is 5.86. The van der Waals surface area contributed by atoms with Crippen LogP contribution in [0.2, 0.25) is 0 Å². The Morgan fingerprint density at radius 3 is 2.47 bits per heavy atom. The Bertz CT molecular complexity index is 200. The zero-order valence-electron chi connectivity index (χ0n) is 9.88. The molecular weight excluding hydrogens is 190 g/mol. The molecule has 0 saturated carbocycles. The molecule has 0 unspecified atom stereocenters. The number of carboxylic acid groups (broad SMARTS) is 1. The van der Waals surface area contributed by atoms with Gasteiger partial charge < -0.3 is 10.4 Å². The topological polar surface area (TPSA) is 49.3 Å². The molecule has 0 spiro atoms. The van der Waals surface area contributed by atoms with Gasteiger partial charge in [0.05, 0.1) is 0 Å². The van der Waals surface area contributed by atoms with Gasteiger partial charge in [0.25, 0.3) is 0 Å². The van der Waals surface area contributed by atoms with E-state index in [2.05, 4.69) is 12.2 Å². The number of carbonyl (C=O) groups is 1. The standard InChI is InChI=1S/C12H23NO2/c1-3-5-9-13-10-6-8-11(7-4-2)12(14)15/h7,13H,3-6,8-10H2,1-2H3,(H,14,15). The summed E-state index contributed by atoms with van der Waals surface area (Å²) in [4.78, 5) is 10.8. The maximum atomic E-state index is 10.8. The van der Waals surface area contributed by atoms with Gasteiger partial charge in [-0.1, -0.05) is 26.3 Å². The molecule has 2 N–H and O–H groups in total. The third-order valence-corrected chi connectivity index (χ3v) is 2.23. The first kappa shape index (κ1) is 14.2. The average molecular weight is 213 g/mol. The molecule has 0 aromatic rings. The summed E-state index contributed by atoms with van der Waals surface area (Å²) in [5.74, 6) is -0.773. The summed E-state index contributed by atoms with van der Waals surface area (Å²) in [6.45, 7) is 6.07. The van der Waals surface area contributed by atoms with Crippen LogP contribution in [-0.2, 0) is 4.79 Å². The third-order valence-electron chi connectivity index (χ3n) is 2.23. The van der Waals surface area contributed by atoms with Crippen molar-refractivity contribution in [1.82, 2.24) is 5.32 Å². The Morgan fingerprint density at radius 2 is 1.93 bits per heavy atom. The maximum Gasteiger partial charge on any atom is 0.331 e. The number of hydrogen-bond donors (Lipinski definition) is 2. The van der Waals surface area contributed by atoms with Crippen LogP contribution in [0.3, 0.4) is 0 Å². The van der Waals surface area contributed by atoms with E-state index in [4.69, 9.17) is 5.11 Å². The molecule has 3 nitrogen and oxygen atoms in total. The first-order chi connectivity index (χ1) is 7.22. The highest BCUT2D eigenvalue weighted by Crippen LogP contribution is 2.05. The van der Waals surface area contributed by atoms with Crippen molar-refractivity contribution in [3.8, 4) is 0 Å². The van der Waals surface area contributed by atoms with Crippen molar-refractivity contribution >= 4 is 5.97 Å². The first-order valence-electron chi connectivity index (χ1n) is 5.85. The van der Waals surface area contributed by atoms with E-state index in [9.17, 15) is 4.79 Å². The zero-order valence-corrected chi connectivity index (χ0v) is 9.88. The quantitative estimate of drug-likeness (QED) is 0.457. The highest BCUT2D eigenvalue weighted by Gasteiger charge is 2.04. The van der Waals surface area contributed by atoms with Crippen LogP contribution in [0.15, 0.2) is 11.6 Å². The van der Waals surface area contributed by atoms with E-state index in [0.29, 0.717) is 12.0 Å². The molecular formula is C12H23NO2. The smallest absolute Gasteiger partial charge is 0.331 e. The fraction of sp³-hybridized carbons (Fsp3) is 0.750. The van der Waals surface area contributed by atoms with Crippen LogP contribution in [-0.4, -0.2) is 24.2 Å². The molecule has 0 amide bonds. The number of unbranched alkanes of at least 4 members (excludes halogenated alkanes) is 1. The van der Waals surface area contributed by atoms with Crippen molar-refractivity contribution in [1.29, 1.82) is 0 Å². The van der Waals surface area contributed by atoms with E-state index in [0.717, 1.165) is 25.9 Å². The van der Waals surface area contributed by atoms with Crippen LogP contribution in [0.4, 0.5) is 0 Å². The predicted octanol–water partition coefficient (Wildman–Crippen LogP) is 2.58. The molecule has 0 aliphatic rings. The summed E-state index contributed by atoms with van der Waals surface area (Å²) in [6.07, 6.45) is 6.56. The van der Waals surface area contributed by atoms with Gasteiger partial charge in [-0.25, -0.2) is 4.79 Å². The van der Waals surface area contributed by atoms with E-state index in [1.165, 1.54) is 12.8 Å². The van der Waals surface area contributed by atoms with Gasteiger partial charge in [-0.3, -0.25) is 0 Å². The molecule has 0 atom stereocenters. The molecule has 0 rings (SSSR count). The van der Waals surface area contributed by atoms with E-state index in [1.807, 2.05) is 6.92 Å². The monoisotopic (exact) mass is 213 g/mol. The Hall–Kier alpha value is -0.830. The number of allylic oxidation sites excluding steroid dienone is 1. The van der Waals surface area contributed by atoms with Gasteiger partial charge in [0.2, 0.25) is 0 Å². The normalized spacial score (nSPS) is 11.7. The van der Waals surface area contributed by atoms with Crippen molar-refractivity contribution in [3.63, 3.8) is 0 Å². The Kier molecular flexibility index (Phi) is 9.18. The van der Waals surface area contributed by atoms with Crippen LogP contribution in [0.1, 0.15) is 46.0 Å². The Morgan fingerprint density at radius 1 is 1.27 bits per heavy atom. The van der Waals surface area contributed by atoms with Crippen LogP contribution < -0.4 is 5.32 Å². The second kappa shape index (κ2) is 9.71. The number of hydrogen-bond acceptors (Lipinski definition) is 2. The van der Waals surface area contributed by atoms with Crippen LogP contribution in [0.25, 0.3) is 0 Å². The number of rotatable bonds is 9. The molecule has 0 bridgehead atoms.